The van der Waals surface area contributed by atoms with Crippen LogP contribution in [0.1, 0.15) is 27.2 Å². The smallest absolute Gasteiger partial charge is 0.270 e. The van der Waals surface area contributed by atoms with Crippen LogP contribution in [0.15, 0.2) is 60.9 Å². The number of rotatable bonds is 7. The zero-order chi connectivity index (χ0) is 19.1. The van der Waals surface area contributed by atoms with Gasteiger partial charge < -0.3 is 10.6 Å². The van der Waals surface area contributed by atoms with Crippen molar-refractivity contribution in [1.82, 2.24) is 15.3 Å². The predicted octanol–water partition coefficient (Wildman–Crippen LogP) is 4.02. The lowest BCUT2D eigenvalue weighted by atomic mass is 10.1. The molecule has 0 spiro atoms. The summed E-state index contributed by atoms with van der Waals surface area (Å²) >= 11 is 5.89. The third kappa shape index (κ3) is 5.53. The van der Waals surface area contributed by atoms with E-state index in [0.29, 0.717) is 24.6 Å². The Hall–Kier alpha value is -2.92. The van der Waals surface area contributed by atoms with Crippen LogP contribution in [0.5, 0.6) is 0 Å². The van der Waals surface area contributed by atoms with Crippen LogP contribution in [-0.4, -0.2) is 22.4 Å². The molecule has 0 aliphatic rings. The van der Waals surface area contributed by atoms with Crippen LogP contribution in [0.4, 0.5) is 5.82 Å². The average molecular weight is 381 g/mol. The molecule has 3 rings (SSSR count). The maximum atomic E-state index is 12.4. The second kappa shape index (κ2) is 9.14. The van der Waals surface area contributed by atoms with Gasteiger partial charge in [-0.25, -0.2) is 9.97 Å². The number of halogens is 1. The predicted molar refractivity (Wildman–Crippen MR) is 108 cm³/mol. The molecule has 0 fully saturated rings. The van der Waals surface area contributed by atoms with Gasteiger partial charge in [0, 0.05) is 24.2 Å². The number of aromatic nitrogens is 2. The van der Waals surface area contributed by atoms with E-state index in [1.807, 2.05) is 55.5 Å². The number of anilines is 1. The van der Waals surface area contributed by atoms with Gasteiger partial charge in [0.2, 0.25) is 0 Å². The Bertz CT molecular complexity index is 912. The normalized spacial score (nSPS) is 10.4. The molecule has 0 aliphatic heterocycles. The summed E-state index contributed by atoms with van der Waals surface area (Å²) in [6, 6.07) is 17.4. The number of nitrogens with one attached hydrogen (secondary N) is 2. The van der Waals surface area contributed by atoms with Gasteiger partial charge in [-0.3, -0.25) is 4.79 Å². The van der Waals surface area contributed by atoms with E-state index >= 15 is 0 Å². The SMILES string of the molecule is Cc1ccccc1CNC(=O)c1cc(NCCc2ccc(Cl)cc2)ncn1. The Morgan fingerprint density at radius 3 is 2.63 bits per heavy atom. The minimum absolute atomic E-state index is 0.221. The van der Waals surface area contributed by atoms with Gasteiger partial charge in [-0.2, -0.15) is 0 Å². The summed E-state index contributed by atoms with van der Waals surface area (Å²) in [5.41, 5.74) is 3.75. The Labute approximate surface area is 163 Å². The number of benzene rings is 2. The van der Waals surface area contributed by atoms with Gasteiger partial charge in [0.15, 0.2) is 0 Å². The number of carbonyl (C=O) groups excluding carboxylic acids is 1. The van der Waals surface area contributed by atoms with Crippen molar-refractivity contribution in [2.75, 3.05) is 11.9 Å². The van der Waals surface area contributed by atoms with Gasteiger partial charge in [0.05, 0.1) is 0 Å². The van der Waals surface area contributed by atoms with Gasteiger partial charge in [-0.05, 0) is 42.2 Å². The van der Waals surface area contributed by atoms with Crippen LogP contribution < -0.4 is 10.6 Å². The lowest BCUT2D eigenvalue weighted by Gasteiger charge is -2.09. The second-order valence-electron chi connectivity index (χ2n) is 6.20. The van der Waals surface area contributed by atoms with Gasteiger partial charge in [0.25, 0.3) is 5.91 Å². The molecule has 27 heavy (non-hydrogen) atoms. The van der Waals surface area contributed by atoms with Crippen molar-refractivity contribution >= 4 is 23.3 Å². The highest BCUT2D eigenvalue weighted by Crippen LogP contribution is 2.11. The summed E-state index contributed by atoms with van der Waals surface area (Å²) < 4.78 is 0. The zero-order valence-corrected chi connectivity index (χ0v) is 15.8. The summed E-state index contributed by atoms with van der Waals surface area (Å²) in [4.78, 5) is 20.6. The van der Waals surface area contributed by atoms with Gasteiger partial charge in [-0.15, -0.1) is 0 Å². The molecule has 0 bridgehead atoms. The maximum Gasteiger partial charge on any atom is 0.270 e. The quantitative estimate of drug-likeness (QED) is 0.649. The summed E-state index contributed by atoms with van der Waals surface area (Å²) in [5, 5.41) is 6.85. The molecule has 3 aromatic rings. The Morgan fingerprint density at radius 1 is 1.07 bits per heavy atom. The highest BCUT2D eigenvalue weighted by molar-refractivity contribution is 6.30. The van der Waals surface area contributed by atoms with Crippen LogP contribution in [0, 0.1) is 6.92 Å². The first-order valence-corrected chi connectivity index (χ1v) is 9.12. The first-order chi connectivity index (χ1) is 13.1. The van der Waals surface area contributed by atoms with E-state index in [1.165, 1.54) is 11.9 Å². The minimum atomic E-state index is -0.221. The van der Waals surface area contributed by atoms with Crippen molar-refractivity contribution in [2.45, 2.75) is 19.9 Å². The Morgan fingerprint density at radius 2 is 1.85 bits per heavy atom. The van der Waals surface area contributed by atoms with Crippen LogP contribution in [0.25, 0.3) is 0 Å². The molecule has 1 amide bonds. The summed E-state index contributed by atoms with van der Waals surface area (Å²) in [6.45, 7) is 3.19. The number of hydrogen-bond donors (Lipinski definition) is 2. The Kier molecular flexibility index (Phi) is 6.39. The van der Waals surface area contributed by atoms with Crippen LogP contribution in [0.3, 0.4) is 0 Å². The van der Waals surface area contributed by atoms with E-state index in [-0.39, 0.29) is 5.91 Å². The summed E-state index contributed by atoms with van der Waals surface area (Å²) in [5.74, 6) is 0.404. The molecule has 0 saturated carbocycles. The van der Waals surface area contributed by atoms with E-state index in [0.717, 1.165) is 22.6 Å². The van der Waals surface area contributed by atoms with Crippen molar-refractivity contribution in [3.05, 3.63) is 88.3 Å². The van der Waals surface area contributed by atoms with Crippen LogP contribution >= 0.6 is 11.6 Å². The van der Waals surface area contributed by atoms with E-state index in [9.17, 15) is 4.79 Å². The molecule has 1 heterocycles. The lowest BCUT2D eigenvalue weighted by Crippen LogP contribution is -2.24. The lowest BCUT2D eigenvalue weighted by molar-refractivity contribution is 0.0945. The largest absolute Gasteiger partial charge is 0.370 e. The monoisotopic (exact) mass is 380 g/mol. The number of hydrogen-bond acceptors (Lipinski definition) is 4. The Balaban J connectivity index is 1.53. The van der Waals surface area contributed by atoms with E-state index < -0.39 is 0 Å². The van der Waals surface area contributed by atoms with Gasteiger partial charge in [0.1, 0.15) is 17.8 Å². The molecule has 1 aromatic heterocycles. The number of amides is 1. The molecule has 2 N–H and O–H groups in total. The fourth-order valence-electron chi connectivity index (χ4n) is 2.64. The highest BCUT2D eigenvalue weighted by atomic mass is 35.5. The van der Waals surface area contributed by atoms with Crippen LogP contribution in [-0.2, 0) is 13.0 Å². The third-order valence-electron chi connectivity index (χ3n) is 4.23. The molecule has 0 atom stereocenters. The minimum Gasteiger partial charge on any atom is -0.370 e. The zero-order valence-electron chi connectivity index (χ0n) is 15.1. The standard InChI is InChI=1S/C21H21ClN4O/c1-15-4-2-3-5-17(15)13-24-21(27)19-12-20(26-14-25-19)23-11-10-16-6-8-18(22)9-7-16/h2-9,12,14H,10-11,13H2,1H3,(H,24,27)(H,23,25,26). The molecule has 0 aliphatic carbocycles. The summed E-state index contributed by atoms with van der Waals surface area (Å²) in [6.07, 6.45) is 2.23. The summed E-state index contributed by atoms with van der Waals surface area (Å²) in [7, 11) is 0. The van der Waals surface area contributed by atoms with E-state index in [1.54, 1.807) is 6.07 Å². The molecule has 0 radical (unpaired) electrons. The van der Waals surface area contributed by atoms with E-state index in [4.69, 9.17) is 11.6 Å². The molecule has 138 valence electrons. The fraction of sp³-hybridized carbons (Fsp3) is 0.190. The van der Waals surface area contributed by atoms with Crippen molar-refractivity contribution in [3.63, 3.8) is 0 Å². The van der Waals surface area contributed by atoms with Crippen molar-refractivity contribution in [1.29, 1.82) is 0 Å². The topological polar surface area (TPSA) is 66.9 Å². The molecule has 2 aromatic carbocycles. The third-order valence-corrected chi connectivity index (χ3v) is 4.49. The molecule has 0 saturated heterocycles. The molecule has 0 unspecified atom stereocenters. The fourth-order valence-corrected chi connectivity index (χ4v) is 2.76. The maximum absolute atomic E-state index is 12.4. The van der Waals surface area contributed by atoms with Crippen LogP contribution in [0.2, 0.25) is 5.02 Å². The molecular weight excluding hydrogens is 360 g/mol. The molecule has 6 heteroatoms. The molecule has 5 nitrogen and oxygen atoms in total. The second-order valence-corrected chi connectivity index (χ2v) is 6.64. The van der Waals surface area contributed by atoms with E-state index in [2.05, 4.69) is 20.6 Å². The van der Waals surface area contributed by atoms with Gasteiger partial charge >= 0.3 is 0 Å². The van der Waals surface area contributed by atoms with Crippen molar-refractivity contribution in [2.24, 2.45) is 0 Å². The first-order valence-electron chi connectivity index (χ1n) is 8.75. The number of aryl methyl sites for hydroxylation is 1. The first kappa shape index (κ1) is 18.9. The van der Waals surface area contributed by atoms with Crippen molar-refractivity contribution in [3.8, 4) is 0 Å². The molecular formula is C21H21ClN4O. The average Bonchev–Trinajstić information content (AvgIpc) is 2.69. The number of carbonyl (C=O) groups is 1. The van der Waals surface area contributed by atoms with Gasteiger partial charge in [-0.1, -0.05) is 48.0 Å². The van der Waals surface area contributed by atoms with Crippen molar-refractivity contribution < 1.29 is 4.79 Å². The highest BCUT2D eigenvalue weighted by Gasteiger charge is 2.09. The number of nitrogens with zero attached hydrogens (tertiary/aromatic N) is 2.